The van der Waals surface area contributed by atoms with Gasteiger partial charge < -0.3 is 10.5 Å². The highest BCUT2D eigenvalue weighted by molar-refractivity contribution is 5.62. The summed E-state index contributed by atoms with van der Waals surface area (Å²) in [6.45, 7) is 2.05. The molecule has 0 saturated carbocycles. The lowest BCUT2D eigenvalue weighted by Gasteiger charge is -2.09. The number of nitrogens with zero attached hydrogens (tertiary/aromatic N) is 4. The number of nitrogens with two attached hydrogens (primary N) is 1. The van der Waals surface area contributed by atoms with Gasteiger partial charge >= 0.3 is 0 Å². The molecule has 0 bridgehead atoms. The maximum Gasteiger partial charge on any atom is 0.185 e. The zero-order valence-electron chi connectivity index (χ0n) is 11.3. The molecule has 8 heteroatoms. The average Bonchev–Trinajstić information content (AvgIpc) is 3.11. The maximum absolute atomic E-state index is 13.9. The van der Waals surface area contributed by atoms with Crippen LogP contribution in [0, 0.1) is 17.6 Å². The number of hydrogen-bond acceptors (Lipinski definition) is 5. The van der Waals surface area contributed by atoms with E-state index in [-0.39, 0.29) is 17.1 Å². The second kappa shape index (κ2) is 5.72. The number of halogens is 2. The van der Waals surface area contributed by atoms with Gasteiger partial charge in [0.15, 0.2) is 5.82 Å². The first-order chi connectivity index (χ1) is 10.1. The topological polar surface area (TPSA) is 78.9 Å². The maximum atomic E-state index is 13.9. The number of aromatic nitrogens is 4. The van der Waals surface area contributed by atoms with Gasteiger partial charge in [-0.25, -0.2) is 13.5 Å². The zero-order chi connectivity index (χ0) is 14.8. The van der Waals surface area contributed by atoms with E-state index in [1.807, 2.05) is 0 Å². The molecule has 0 radical (unpaired) electrons. The predicted octanol–water partition coefficient (Wildman–Crippen LogP) is 1.63. The molecule has 1 aliphatic rings. The molecule has 0 amide bonds. The van der Waals surface area contributed by atoms with Crippen LogP contribution in [-0.4, -0.2) is 33.4 Å². The van der Waals surface area contributed by atoms with Gasteiger partial charge in [0.25, 0.3) is 0 Å². The number of ether oxygens (including phenoxy) is 1. The Balaban J connectivity index is 1.83. The first kappa shape index (κ1) is 13.9. The van der Waals surface area contributed by atoms with Crippen LogP contribution in [0.3, 0.4) is 0 Å². The van der Waals surface area contributed by atoms with Gasteiger partial charge in [0.05, 0.1) is 11.3 Å². The molecule has 3 rings (SSSR count). The average molecular weight is 295 g/mol. The Morgan fingerprint density at radius 3 is 2.95 bits per heavy atom. The van der Waals surface area contributed by atoms with Gasteiger partial charge in [0, 0.05) is 25.8 Å². The van der Waals surface area contributed by atoms with E-state index in [0.717, 1.165) is 32.1 Å². The highest BCUT2D eigenvalue weighted by Gasteiger charge is 2.19. The van der Waals surface area contributed by atoms with Crippen molar-refractivity contribution in [1.82, 2.24) is 20.2 Å². The number of rotatable bonds is 4. The summed E-state index contributed by atoms with van der Waals surface area (Å²) >= 11 is 0. The molecule has 6 nitrogen and oxygen atoms in total. The molecule has 2 aromatic rings. The Hall–Kier alpha value is -2.09. The van der Waals surface area contributed by atoms with Gasteiger partial charge in [-0.3, -0.25) is 0 Å². The lowest BCUT2D eigenvalue weighted by atomic mass is 10.1. The van der Waals surface area contributed by atoms with E-state index >= 15 is 0 Å². The first-order valence-electron chi connectivity index (χ1n) is 6.74. The monoisotopic (exact) mass is 295 g/mol. The lowest BCUT2D eigenvalue weighted by Crippen LogP contribution is -2.09. The summed E-state index contributed by atoms with van der Waals surface area (Å²) in [5.74, 6) is -0.816. The summed E-state index contributed by atoms with van der Waals surface area (Å²) in [6.07, 6.45) is 1.85. The fourth-order valence-corrected chi connectivity index (χ4v) is 2.40. The molecule has 1 saturated heterocycles. The van der Waals surface area contributed by atoms with E-state index in [9.17, 15) is 8.78 Å². The van der Waals surface area contributed by atoms with Gasteiger partial charge in [-0.2, -0.15) is 0 Å². The quantitative estimate of drug-likeness (QED) is 0.867. The standard InChI is InChI=1S/C13H15F2N5O/c14-10-6-11(15)12(16)5-9(10)13-17-18-19-20(13)3-1-8-2-4-21-7-8/h5-6,8H,1-4,7,16H2. The Labute approximate surface area is 119 Å². The number of nitrogen functional groups attached to an aromatic ring is 1. The Morgan fingerprint density at radius 2 is 2.19 bits per heavy atom. The van der Waals surface area contributed by atoms with Gasteiger partial charge in [-0.1, -0.05) is 0 Å². The number of hydrogen-bond donors (Lipinski definition) is 1. The molecule has 1 unspecified atom stereocenters. The van der Waals surface area contributed by atoms with E-state index in [1.54, 1.807) is 0 Å². The fraction of sp³-hybridized carbons (Fsp3) is 0.462. The van der Waals surface area contributed by atoms with E-state index in [1.165, 1.54) is 10.7 Å². The number of aryl methyl sites for hydroxylation is 1. The van der Waals surface area contributed by atoms with E-state index in [2.05, 4.69) is 15.5 Å². The molecule has 1 fully saturated rings. The minimum Gasteiger partial charge on any atom is -0.396 e. The van der Waals surface area contributed by atoms with Crippen molar-refractivity contribution in [1.29, 1.82) is 0 Å². The molecule has 0 aliphatic carbocycles. The molecule has 1 aromatic carbocycles. The molecule has 2 N–H and O–H groups in total. The molecule has 2 heterocycles. The van der Waals surface area contributed by atoms with Gasteiger partial charge in [-0.15, -0.1) is 5.10 Å². The Bertz CT molecular complexity index is 639. The lowest BCUT2D eigenvalue weighted by molar-refractivity contribution is 0.183. The van der Waals surface area contributed by atoms with Crippen LogP contribution in [0.2, 0.25) is 0 Å². The highest BCUT2D eigenvalue weighted by atomic mass is 19.1. The third-order valence-electron chi connectivity index (χ3n) is 3.63. The van der Waals surface area contributed by atoms with Crippen molar-refractivity contribution in [2.45, 2.75) is 19.4 Å². The van der Waals surface area contributed by atoms with Crippen molar-refractivity contribution in [2.75, 3.05) is 18.9 Å². The highest BCUT2D eigenvalue weighted by Crippen LogP contribution is 2.25. The van der Waals surface area contributed by atoms with Crippen molar-refractivity contribution in [3.05, 3.63) is 23.8 Å². The third-order valence-corrected chi connectivity index (χ3v) is 3.63. The zero-order valence-corrected chi connectivity index (χ0v) is 11.3. The normalized spacial score (nSPS) is 18.3. The molecule has 1 aromatic heterocycles. The van der Waals surface area contributed by atoms with Gasteiger partial charge in [0.1, 0.15) is 11.6 Å². The smallest absolute Gasteiger partial charge is 0.185 e. The summed E-state index contributed by atoms with van der Waals surface area (Å²) in [4.78, 5) is 0. The largest absolute Gasteiger partial charge is 0.396 e. The van der Waals surface area contributed by atoms with Crippen molar-refractivity contribution in [3.8, 4) is 11.4 Å². The molecule has 112 valence electrons. The third kappa shape index (κ3) is 2.85. The van der Waals surface area contributed by atoms with Crippen LogP contribution < -0.4 is 5.73 Å². The summed E-state index contributed by atoms with van der Waals surface area (Å²) in [5.41, 5.74) is 5.45. The minimum absolute atomic E-state index is 0.0987. The van der Waals surface area contributed by atoms with Crippen LogP contribution >= 0.6 is 0 Å². The fourth-order valence-electron chi connectivity index (χ4n) is 2.40. The molecule has 1 atom stereocenters. The second-order valence-electron chi connectivity index (χ2n) is 5.10. The van der Waals surface area contributed by atoms with Crippen molar-refractivity contribution >= 4 is 5.69 Å². The van der Waals surface area contributed by atoms with Crippen molar-refractivity contribution < 1.29 is 13.5 Å². The SMILES string of the molecule is Nc1cc(-c2nnnn2CCC2CCOC2)c(F)cc1F. The summed E-state index contributed by atoms with van der Waals surface area (Å²) in [5, 5.41) is 11.2. The van der Waals surface area contributed by atoms with Crippen LogP contribution in [0.25, 0.3) is 11.4 Å². The molecule has 0 spiro atoms. The van der Waals surface area contributed by atoms with Crippen LogP contribution in [0.1, 0.15) is 12.8 Å². The van der Waals surface area contributed by atoms with E-state index in [0.29, 0.717) is 12.5 Å². The van der Waals surface area contributed by atoms with Crippen molar-refractivity contribution in [2.24, 2.45) is 5.92 Å². The second-order valence-corrected chi connectivity index (χ2v) is 5.10. The summed E-state index contributed by atoms with van der Waals surface area (Å²) in [7, 11) is 0. The minimum atomic E-state index is -0.793. The van der Waals surface area contributed by atoms with Gasteiger partial charge in [0.2, 0.25) is 0 Å². The van der Waals surface area contributed by atoms with Crippen LogP contribution in [0.5, 0.6) is 0 Å². The predicted molar refractivity (Wildman–Crippen MR) is 71.1 cm³/mol. The van der Waals surface area contributed by atoms with Crippen LogP contribution in [-0.2, 0) is 11.3 Å². The molecule has 21 heavy (non-hydrogen) atoms. The Morgan fingerprint density at radius 1 is 1.33 bits per heavy atom. The van der Waals surface area contributed by atoms with Crippen LogP contribution in [0.15, 0.2) is 12.1 Å². The number of benzene rings is 1. The number of anilines is 1. The van der Waals surface area contributed by atoms with E-state index in [4.69, 9.17) is 10.5 Å². The number of tetrazole rings is 1. The van der Waals surface area contributed by atoms with Crippen LogP contribution in [0.4, 0.5) is 14.5 Å². The summed E-state index contributed by atoms with van der Waals surface area (Å²) < 4.78 is 33.9. The summed E-state index contributed by atoms with van der Waals surface area (Å²) in [6, 6.07) is 1.96. The Kier molecular flexibility index (Phi) is 3.78. The molecule has 1 aliphatic heterocycles. The molecular weight excluding hydrogens is 280 g/mol. The first-order valence-corrected chi connectivity index (χ1v) is 6.74. The van der Waals surface area contributed by atoms with Crippen molar-refractivity contribution in [3.63, 3.8) is 0 Å². The van der Waals surface area contributed by atoms with E-state index < -0.39 is 11.6 Å². The van der Waals surface area contributed by atoms with Gasteiger partial charge in [-0.05, 0) is 35.3 Å². The molecular formula is C13H15F2N5O.